The Morgan fingerprint density at radius 3 is 2.24 bits per heavy atom. The summed E-state index contributed by atoms with van der Waals surface area (Å²) in [6.07, 6.45) is 2.81. The third-order valence-electron chi connectivity index (χ3n) is 11.8. The van der Waals surface area contributed by atoms with Crippen LogP contribution in [0.2, 0.25) is 0 Å². The van der Waals surface area contributed by atoms with Gasteiger partial charge in [0.2, 0.25) is 5.90 Å². The standard InChI is InChI=1S/C49H46N4O2/c1-28-21-29(2)39(25-35(28)47-51-46-33-18-17-31(48(3,4)5)22-30(33)23-44(46)55-47)52-38-15-11-12-16-42(38)54-43-26-36-34-13-9-10-14-37(34)53(40(36)27-41(43)52)45-24-32(19-20-50-45)49(6,7)8/h9-22,24-27,44,46H,23H2,1-8H3/t44-,46+/m0/s1. The van der Waals surface area contributed by atoms with E-state index in [1.54, 1.807) is 0 Å². The third-order valence-corrected chi connectivity index (χ3v) is 11.8. The lowest BCUT2D eigenvalue weighted by atomic mass is 9.85. The maximum atomic E-state index is 6.77. The van der Waals surface area contributed by atoms with Crippen LogP contribution in [0.4, 0.5) is 17.1 Å². The van der Waals surface area contributed by atoms with Gasteiger partial charge in [-0.15, -0.1) is 0 Å². The van der Waals surface area contributed by atoms with E-state index in [1.165, 1.54) is 22.3 Å². The second-order valence-electron chi connectivity index (χ2n) is 17.6. The molecule has 3 aliphatic rings. The Labute approximate surface area is 323 Å². The number of aromatic nitrogens is 2. The maximum Gasteiger partial charge on any atom is 0.217 e. The lowest BCUT2D eigenvalue weighted by Gasteiger charge is -2.34. The van der Waals surface area contributed by atoms with Gasteiger partial charge in [0.25, 0.3) is 0 Å². The summed E-state index contributed by atoms with van der Waals surface area (Å²) in [5.74, 6) is 3.24. The summed E-state index contributed by atoms with van der Waals surface area (Å²) in [6, 6.07) is 37.2. The lowest BCUT2D eigenvalue weighted by molar-refractivity contribution is 0.206. The highest BCUT2D eigenvalue weighted by atomic mass is 16.5. The summed E-state index contributed by atoms with van der Waals surface area (Å²) < 4.78 is 15.8. The van der Waals surface area contributed by atoms with Gasteiger partial charge in [-0.25, -0.2) is 9.98 Å². The Bertz CT molecular complexity index is 2760. The molecule has 0 amide bonds. The zero-order valence-electron chi connectivity index (χ0n) is 32.9. The predicted molar refractivity (Wildman–Crippen MR) is 225 cm³/mol. The number of hydrogen-bond donors (Lipinski definition) is 0. The van der Waals surface area contributed by atoms with Crippen molar-refractivity contribution in [3.8, 4) is 17.3 Å². The smallest absolute Gasteiger partial charge is 0.217 e. The first-order chi connectivity index (χ1) is 26.3. The first-order valence-electron chi connectivity index (χ1n) is 19.4. The molecule has 274 valence electrons. The SMILES string of the molecule is Cc1cc(C)c(N2c3ccccc3Oc3cc4c5ccccc5n(-c5cc(C(C)(C)C)ccn5)c4cc32)cc1C1=N[C@@H]2c3ccc(C(C)(C)C)cc3C[C@@H]2O1. The molecule has 5 aromatic carbocycles. The normalized spacial score (nSPS) is 17.4. The zero-order chi connectivity index (χ0) is 38.0. The van der Waals surface area contributed by atoms with E-state index >= 15 is 0 Å². The van der Waals surface area contributed by atoms with Gasteiger partial charge in [-0.1, -0.05) is 96.1 Å². The van der Waals surface area contributed by atoms with Gasteiger partial charge in [-0.2, -0.15) is 0 Å². The van der Waals surface area contributed by atoms with Gasteiger partial charge in [0.15, 0.2) is 11.5 Å². The largest absolute Gasteiger partial charge is 0.471 e. The minimum absolute atomic E-state index is 0.00797. The number of aryl methyl sites for hydroxylation is 2. The van der Waals surface area contributed by atoms with Crippen molar-refractivity contribution >= 4 is 44.8 Å². The predicted octanol–water partition coefficient (Wildman–Crippen LogP) is 12.4. The van der Waals surface area contributed by atoms with E-state index in [2.05, 4.69) is 162 Å². The summed E-state index contributed by atoms with van der Waals surface area (Å²) in [6.45, 7) is 17.9. The highest BCUT2D eigenvalue weighted by Crippen LogP contribution is 2.54. The average molecular weight is 723 g/mol. The molecule has 2 aliphatic heterocycles. The Morgan fingerprint density at radius 2 is 1.42 bits per heavy atom. The van der Waals surface area contributed by atoms with Crippen LogP contribution in [0.3, 0.4) is 0 Å². The van der Waals surface area contributed by atoms with Crippen LogP contribution in [-0.4, -0.2) is 21.6 Å². The first-order valence-corrected chi connectivity index (χ1v) is 19.4. The van der Waals surface area contributed by atoms with Crippen molar-refractivity contribution in [3.05, 3.63) is 148 Å². The number of pyridine rings is 1. The third kappa shape index (κ3) is 5.29. The van der Waals surface area contributed by atoms with E-state index in [1.807, 2.05) is 12.3 Å². The van der Waals surface area contributed by atoms with E-state index < -0.39 is 0 Å². The van der Waals surface area contributed by atoms with Crippen LogP contribution in [0, 0.1) is 13.8 Å². The molecule has 2 aromatic heterocycles. The average Bonchev–Trinajstić information content (AvgIpc) is 3.82. The van der Waals surface area contributed by atoms with Gasteiger partial charge in [-0.3, -0.25) is 4.57 Å². The van der Waals surface area contributed by atoms with Crippen molar-refractivity contribution in [1.29, 1.82) is 0 Å². The first kappa shape index (κ1) is 33.7. The van der Waals surface area contributed by atoms with Crippen LogP contribution in [0.1, 0.15) is 86.5 Å². The summed E-state index contributed by atoms with van der Waals surface area (Å²) in [4.78, 5) is 12.6. The Morgan fingerprint density at radius 1 is 0.655 bits per heavy atom. The maximum absolute atomic E-state index is 6.77. The van der Waals surface area contributed by atoms with E-state index in [0.717, 1.165) is 85.2 Å². The molecule has 0 fully saturated rings. The molecule has 6 nitrogen and oxygen atoms in total. The van der Waals surface area contributed by atoms with Crippen LogP contribution < -0.4 is 9.64 Å². The van der Waals surface area contributed by atoms with E-state index in [4.69, 9.17) is 19.5 Å². The van der Waals surface area contributed by atoms with Crippen LogP contribution in [0.25, 0.3) is 27.6 Å². The van der Waals surface area contributed by atoms with Crippen molar-refractivity contribution in [2.24, 2.45) is 4.99 Å². The number of nitrogens with zero attached hydrogens (tertiary/aromatic N) is 4. The quantitative estimate of drug-likeness (QED) is 0.182. The topological polar surface area (TPSA) is 51.9 Å². The number of ether oxygens (including phenoxy) is 2. The highest BCUT2D eigenvalue weighted by Gasteiger charge is 2.41. The van der Waals surface area contributed by atoms with Gasteiger partial charge < -0.3 is 14.4 Å². The summed E-state index contributed by atoms with van der Waals surface area (Å²) >= 11 is 0. The molecule has 4 heterocycles. The molecular formula is C49H46N4O2. The van der Waals surface area contributed by atoms with Gasteiger partial charge in [0.1, 0.15) is 18.0 Å². The second kappa shape index (κ2) is 11.8. The van der Waals surface area contributed by atoms with Crippen molar-refractivity contribution < 1.29 is 9.47 Å². The minimum Gasteiger partial charge on any atom is -0.471 e. The number of benzene rings is 5. The van der Waals surface area contributed by atoms with E-state index in [9.17, 15) is 0 Å². The van der Waals surface area contributed by atoms with Gasteiger partial charge in [0.05, 0.1) is 28.1 Å². The number of fused-ring (bicyclic) bond motifs is 8. The Kier molecular flexibility index (Phi) is 7.23. The number of hydrogen-bond acceptors (Lipinski definition) is 5. The molecule has 0 radical (unpaired) electrons. The Balaban J connectivity index is 1.14. The van der Waals surface area contributed by atoms with E-state index in [-0.39, 0.29) is 23.0 Å². The molecule has 6 heteroatoms. The summed E-state index contributed by atoms with van der Waals surface area (Å²) in [7, 11) is 0. The number of para-hydroxylation sites is 3. The fourth-order valence-corrected chi connectivity index (χ4v) is 8.80. The molecule has 0 saturated carbocycles. The van der Waals surface area contributed by atoms with Gasteiger partial charge >= 0.3 is 0 Å². The molecule has 10 rings (SSSR count). The molecular weight excluding hydrogens is 677 g/mol. The molecule has 0 saturated heterocycles. The monoisotopic (exact) mass is 722 g/mol. The highest BCUT2D eigenvalue weighted by molar-refractivity contribution is 6.12. The van der Waals surface area contributed by atoms with Crippen molar-refractivity contribution in [2.75, 3.05) is 4.90 Å². The molecule has 1 aliphatic carbocycles. The molecule has 0 unspecified atom stereocenters. The van der Waals surface area contributed by atoms with E-state index in [0.29, 0.717) is 0 Å². The second-order valence-corrected chi connectivity index (χ2v) is 17.6. The van der Waals surface area contributed by atoms with Crippen LogP contribution in [0.15, 0.2) is 114 Å². The zero-order valence-corrected chi connectivity index (χ0v) is 32.9. The lowest BCUT2D eigenvalue weighted by Crippen LogP contribution is -2.19. The Hall–Kier alpha value is -5.88. The molecule has 0 bridgehead atoms. The van der Waals surface area contributed by atoms with Crippen LogP contribution in [0.5, 0.6) is 11.5 Å². The molecule has 2 atom stereocenters. The number of rotatable bonds is 3. The molecule has 0 N–H and O–H groups in total. The number of aliphatic imine (C=N–C) groups is 1. The van der Waals surface area contributed by atoms with Crippen LogP contribution >= 0.6 is 0 Å². The fourth-order valence-electron chi connectivity index (χ4n) is 8.80. The minimum atomic E-state index is -0.0181. The van der Waals surface area contributed by atoms with Crippen LogP contribution in [-0.2, 0) is 22.0 Å². The fraction of sp³-hybridized carbons (Fsp3) is 0.265. The van der Waals surface area contributed by atoms with Crippen molar-refractivity contribution in [1.82, 2.24) is 9.55 Å². The molecule has 7 aromatic rings. The number of anilines is 3. The molecule has 55 heavy (non-hydrogen) atoms. The van der Waals surface area contributed by atoms with Crippen molar-refractivity contribution in [3.63, 3.8) is 0 Å². The van der Waals surface area contributed by atoms with Crippen molar-refractivity contribution in [2.45, 2.75) is 84.8 Å². The van der Waals surface area contributed by atoms with Gasteiger partial charge in [0, 0.05) is 29.0 Å². The summed E-state index contributed by atoms with van der Waals surface area (Å²) in [5.41, 5.74) is 13.8. The summed E-state index contributed by atoms with van der Waals surface area (Å²) in [5, 5.41) is 2.28. The molecule has 0 spiro atoms. The van der Waals surface area contributed by atoms with Gasteiger partial charge in [-0.05, 0) is 107 Å².